The van der Waals surface area contributed by atoms with Gasteiger partial charge in [0.2, 0.25) is 0 Å². The van der Waals surface area contributed by atoms with Crippen molar-refractivity contribution in [2.24, 2.45) is 0 Å². The van der Waals surface area contributed by atoms with Gasteiger partial charge in [0.15, 0.2) is 0 Å². The average Bonchev–Trinajstić information content (AvgIpc) is 2.96. The van der Waals surface area contributed by atoms with Crippen molar-refractivity contribution >= 4 is 39.8 Å². The zero-order chi connectivity index (χ0) is 20.4. The van der Waals surface area contributed by atoms with Gasteiger partial charge < -0.3 is 14.8 Å². The van der Waals surface area contributed by atoms with Crippen molar-refractivity contribution in [3.63, 3.8) is 0 Å². The molecule has 1 N–H and O–H groups in total. The first-order valence-corrected chi connectivity index (χ1v) is 10.2. The van der Waals surface area contributed by atoms with Gasteiger partial charge in [0.1, 0.15) is 5.69 Å². The number of carbonyl (C=O) groups excluding carboxylic acids is 1. The van der Waals surface area contributed by atoms with E-state index in [1.165, 1.54) is 5.69 Å². The second kappa shape index (κ2) is 8.27. The molecule has 3 rings (SSSR count). The fraction of sp³-hybridized carbons (Fsp3) is 0.348. The predicted molar refractivity (Wildman–Crippen MR) is 120 cm³/mol. The average molecular weight is 398 g/mol. The lowest BCUT2D eigenvalue weighted by atomic mass is 10.1. The van der Waals surface area contributed by atoms with E-state index in [-0.39, 0.29) is 5.91 Å². The Bertz CT molecular complexity index is 1020. The van der Waals surface area contributed by atoms with Gasteiger partial charge in [0.25, 0.3) is 5.91 Å². The molecule has 1 amide bonds. The third kappa shape index (κ3) is 3.61. The molecule has 0 saturated carbocycles. The lowest BCUT2D eigenvalue weighted by Crippen LogP contribution is -2.22. The maximum atomic E-state index is 13.2. The second-order valence-corrected chi connectivity index (χ2v) is 7.44. The Hall–Kier alpha value is -2.46. The van der Waals surface area contributed by atoms with Crippen LogP contribution in [0.15, 0.2) is 36.4 Å². The van der Waals surface area contributed by atoms with Gasteiger partial charge in [-0.2, -0.15) is 0 Å². The number of halogens is 1. The maximum absolute atomic E-state index is 13.2. The summed E-state index contributed by atoms with van der Waals surface area (Å²) in [5.41, 5.74) is 5.74. The number of hydrogen-bond donors (Lipinski definition) is 1. The molecule has 0 atom stereocenters. The number of hydrogen-bond acceptors (Lipinski definition) is 2. The first-order chi connectivity index (χ1) is 13.4. The SMILES string of the molecule is CCN(CC)c1ccc(NC(=O)c2c(C)c3cc(Cl)ccc3n2CC)c(C)c1. The summed E-state index contributed by atoms with van der Waals surface area (Å²) < 4.78 is 2.05. The van der Waals surface area contributed by atoms with Gasteiger partial charge in [0.05, 0.1) is 0 Å². The molecule has 28 heavy (non-hydrogen) atoms. The summed E-state index contributed by atoms with van der Waals surface area (Å²) in [6.45, 7) is 13.0. The minimum Gasteiger partial charge on any atom is -0.372 e. The number of nitrogens with one attached hydrogen (secondary N) is 1. The maximum Gasteiger partial charge on any atom is 0.272 e. The van der Waals surface area contributed by atoms with Crippen molar-refractivity contribution in [3.8, 4) is 0 Å². The molecule has 5 heteroatoms. The Kier molecular flexibility index (Phi) is 5.99. The van der Waals surface area contributed by atoms with Crippen molar-refractivity contribution in [2.45, 2.75) is 41.2 Å². The van der Waals surface area contributed by atoms with E-state index in [4.69, 9.17) is 11.6 Å². The molecule has 0 spiro atoms. The molecule has 3 aromatic rings. The van der Waals surface area contributed by atoms with Crippen LogP contribution in [0, 0.1) is 13.8 Å². The van der Waals surface area contributed by atoms with Crippen LogP contribution in [0.1, 0.15) is 42.4 Å². The van der Waals surface area contributed by atoms with E-state index in [9.17, 15) is 4.79 Å². The predicted octanol–water partition coefficient (Wildman–Crippen LogP) is 6.03. The van der Waals surface area contributed by atoms with E-state index in [1.54, 1.807) is 0 Å². The first-order valence-electron chi connectivity index (χ1n) is 9.86. The highest BCUT2D eigenvalue weighted by Gasteiger charge is 2.20. The number of rotatable bonds is 6. The van der Waals surface area contributed by atoms with E-state index >= 15 is 0 Å². The van der Waals surface area contributed by atoms with Crippen LogP contribution in [0.5, 0.6) is 0 Å². The van der Waals surface area contributed by atoms with Crippen molar-refractivity contribution in [2.75, 3.05) is 23.3 Å². The quantitative estimate of drug-likeness (QED) is 0.551. The third-order valence-corrected chi connectivity index (χ3v) is 5.63. The normalized spacial score (nSPS) is 11.1. The number of nitrogens with zero attached hydrogens (tertiary/aromatic N) is 2. The Morgan fingerprint density at radius 1 is 1.07 bits per heavy atom. The summed E-state index contributed by atoms with van der Waals surface area (Å²) in [5, 5.41) is 4.81. The van der Waals surface area contributed by atoms with E-state index in [0.717, 1.165) is 40.8 Å². The molecule has 148 valence electrons. The largest absolute Gasteiger partial charge is 0.372 e. The molecule has 0 unspecified atom stereocenters. The summed E-state index contributed by atoms with van der Waals surface area (Å²) in [6.07, 6.45) is 0. The van der Waals surface area contributed by atoms with Crippen molar-refractivity contribution in [1.29, 1.82) is 0 Å². The summed E-state index contributed by atoms with van der Waals surface area (Å²) in [4.78, 5) is 15.5. The highest BCUT2D eigenvalue weighted by atomic mass is 35.5. The van der Waals surface area contributed by atoms with Gasteiger partial charge in [-0.05, 0) is 82.1 Å². The number of aromatic nitrogens is 1. The van der Waals surface area contributed by atoms with Crippen LogP contribution in [0.4, 0.5) is 11.4 Å². The van der Waals surface area contributed by atoms with Crippen molar-refractivity contribution < 1.29 is 4.79 Å². The minimum atomic E-state index is -0.0923. The van der Waals surface area contributed by atoms with Gasteiger partial charge in [-0.1, -0.05) is 11.6 Å². The number of benzene rings is 2. The van der Waals surface area contributed by atoms with E-state index < -0.39 is 0 Å². The van der Waals surface area contributed by atoms with Gasteiger partial charge in [-0.25, -0.2) is 0 Å². The van der Waals surface area contributed by atoms with Crippen LogP contribution in [-0.4, -0.2) is 23.6 Å². The number of amides is 1. The molecular weight excluding hydrogens is 370 g/mol. The number of fused-ring (bicyclic) bond motifs is 1. The van der Waals surface area contributed by atoms with Gasteiger partial charge in [0, 0.05) is 46.9 Å². The molecule has 0 saturated heterocycles. The van der Waals surface area contributed by atoms with E-state index in [2.05, 4.69) is 40.8 Å². The van der Waals surface area contributed by atoms with Gasteiger partial charge >= 0.3 is 0 Å². The van der Waals surface area contributed by atoms with Crippen LogP contribution in [0.2, 0.25) is 5.02 Å². The fourth-order valence-electron chi connectivity index (χ4n) is 3.87. The zero-order valence-corrected chi connectivity index (χ0v) is 18.0. The molecule has 0 aliphatic rings. The molecule has 0 aliphatic heterocycles. The molecule has 0 bridgehead atoms. The zero-order valence-electron chi connectivity index (χ0n) is 17.3. The summed E-state index contributed by atoms with van der Waals surface area (Å²) in [6, 6.07) is 12.0. The molecule has 0 fully saturated rings. The molecule has 0 aliphatic carbocycles. The number of anilines is 2. The molecule has 4 nitrogen and oxygen atoms in total. The summed E-state index contributed by atoms with van der Waals surface area (Å²) >= 11 is 6.18. The molecule has 1 aromatic heterocycles. The number of carbonyl (C=O) groups is 1. The number of aryl methyl sites for hydroxylation is 3. The minimum absolute atomic E-state index is 0.0923. The first kappa shape index (κ1) is 20.3. The van der Waals surface area contributed by atoms with Gasteiger partial charge in [-0.3, -0.25) is 4.79 Å². The fourth-order valence-corrected chi connectivity index (χ4v) is 4.04. The van der Waals surface area contributed by atoms with E-state index in [0.29, 0.717) is 17.3 Å². The Labute approximate surface area is 172 Å². The summed E-state index contributed by atoms with van der Waals surface area (Å²) in [7, 11) is 0. The van der Waals surface area contributed by atoms with Crippen LogP contribution in [0.3, 0.4) is 0 Å². The second-order valence-electron chi connectivity index (χ2n) is 7.00. The monoisotopic (exact) mass is 397 g/mol. The van der Waals surface area contributed by atoms with Crippen LogP contribution in [0.25, 0.3) is 10.9 Å². The van der Waals surface area contributed by atoms with Crippen molar-refractivity contribution in [3.05, 3.63) is 58.2 Å². The Balaban J connectivity index is 1.97. The molecule has 1 heterocycles. The molecule has 2 aromatic carbocycles. The lowest BCUT2D eigenvalue weighted by molar-refractivity contribution is 0.101. The Morgan fingerprint density at radius 2 is 1.79 bits per heavy atom. The van der Waals surface area contributed by atoms with Crippen LogP contribution in [-0.2, 0) is 6.54 Å². The van der Waals surface area contributed by atoms with Crippen LogP contribution >= 0.6 is 11.6 Å². The summed E-state index contributed by atoms with van der Waals surface area (Å²) in [5.74, 6) is -0.0923. The molecule has 0 radical (unpaired) electrons. The topological polar surface area (TPSA) is 37.3 Å². The third-order valence-electron chi connectivity index (χ3n) is 5.40. The smallest absolute Gasteiger partial charge is 0.272 e. The standard InChI is InChI=1S/C23H28ClN3O/c1-6-26(7-2)18-10-11-20(15(4)13-18)25-23(28)22-16(5)19-14-17(24)9-12-21(19)27(22)8-3/h9-14H,6-8H2,1-5H3,(H,25,28). The van der Waals surface area contributed by atoms with Crippen molar-refractivity contribution in [1.82, 2.24) is 4.57 Å². The lowest BCUT2D eigenvalue weighted by Gasteiger charge is -2.22. The van der Waals surface area contributed by atoms with Crippen LogP contribution < -0.4 is 10.2 Å². The Morgan fingerprint density at radius 3 is 2.39 bits per heavy atom. The highest BCUT2D eigenvalue weighted by Crippen LogP contribution is 2.30. The molecular formula is C23H28ClN3O. The highest BCUT2D eigenvalue weighted by molar-refractivity contribution is 6.31. The van der Waals surface area contributed by atoms with E-state index in [1.807, 2.05) is 45.0 Å². The van der Waals surface area contributed by atoms with Gasteiger partial charge in [-0.15, -0.1) is 0 Å².